The molecule has 0 radical (unpaired) electrons. The van der Waals surface area contributed by atoms with E-state index < -0.39 is 0 Å². The molecular formula is C23H33N5O2. The van der Waals surface area contributed by atoms with Gasteiger partial charge in [-0.1, -0.05) is 24.3 Å². The van der Waals surface area contributed by atoms with E-state index in [0.29, 0.717) is 13.2 Å². The second kappa shape index (κ2) is 12.0. The van der Waals surface area contributed by atoms with Crippen molar-refractivity contribution in [3.63, 3.8) is 0 Å². The summed E-state index contributed by atoms with van der Waals surface area (Å²) in [5, 5.41) is 6.65. The molecule has 1 saturated heterocycles. The highest BCUT2D eigenvalue weighted by Crippen LogP contribution is 2.15. The van der Waals surface area contributed by atoms with Crippen LogP contribution in [0.25, 0.3) is 0 Å². The molecule has 1 aromatic carbocycles. The second-order valence-corrected chi connectivity index (χ2v) is 7.29. The van der Waals surface area contributed by atoms with Gasteiger partial charge in [-0.2, -0.15) is 0 Å². The number of hydrogen-bond acceptors (Lipinski definition) is 5. The predicted molar refractivity (Wildman–Crippen MR) is 121 cm³/mol. The highest BCUT2D eigenvalue weighted by Gasteiger charge is 2.17. The number of aromatic nitrogens is 1. The fraction of sp³-hybridized carbons (Fsp3) is 0.478. The van der Waals surface area contributed by atoms with Gasteiger partial charge < -0.3 is 25.0 Å². The van der Waals surface area contributed by atoms with Crippen molar-refractivity contribution in [3.8, 4) is 5.75 Å². The number of nitrogens with one attached hydrogen (secondary N) is 2. The van der Waals surface area contributed by atoms with Crippen LogP contribution < -0.4 is 20.3 Å². The molecule has 0 amide bonds. The van der Waals surface area contributed by atoms with Crippen LogP contribution in [0.3, 0.4) is 0 Å². The summed E-state index contributed by atoms with van der Waals surface area (Å²) < 4.78 is 11.3. The van der Waals surface area contributed by atoms with E-state index in [-0.39, 0.29) is 6.10 Å². The van der Waals surface area contributed by atoms with Crippen LogP contribution in [0.15, 0.2) is 53.7 Å². The molecular weight excluding hydrogens is 378 g/mol. The van der Waals surface area contributed by atoms with Crippen molar-refractivity contribution in [2.24, 2.45) is 4.99 Å². The number of rotatable bonds is 9. The third-order valence-electron chi connectivity index (χ3n) is 4.76. The van der Waals surface area contributed by atoms with Crippen LogP contribution in [0.1, 0.15) is 25.8 Å². The lowest BCUT2D eigenvalue weighted by atomic mass is 10.2. The molecule has 2 N–H and O–H groups in total. The van der Waals surface area contributed by atoms with Crippen LogP contribution >= 0.6 is 0 Å². The smallest absolute Gasteiger partial charge is 0.191 e. The maximum atomic E-state index is 5.72. The van der Waals surface area contributed by atoms with Crippen molar-refractivity contribution >= 4 is 11.8 Å². The summed E-state index contributed by atoms with van der Waals surface area (Å²) in [5.74, 6) is 2.71. The normalized spacial score (nSPS) is 16.9. The number of aliphatic imine (C=N–C) groups is 1. The van der Waals surface area contributed by atoms with Crippen molar-refractivity contribution in [2.45, 2.75) is 32.9 Å². The zero-order valence-electron chi connectivity index (χ0n) is 18.0. The van der Waals surface area contributed by atoms with Gasteiger partial charge in [0.2, 0.25) is 0 Å². The van der Waals surface area contributed by atoms with Crippen molar-refractivity contribution in [1.82, 2.24) is 15.6 Å². The average Bonchev–Trinajstić information content (AvgIpc) is 2.78. The van der Waals surface area contributed by atoms with E-state index in [9.17, 15) is 0 Å². The first-order valence-electron chi connectivity index (χ1n) is 10.8. The summed E-state index contributed by atoms with van der Waals surface area (Å²) >= 11 is 0. The Morgan fingerprint density at radius 2 is 2.10 bits per heavy atom. The Morgan fingerprint density at radius 1 is 1.23 bits per heavy atom. The molecule has 0 saturated carbocycles. The quantitative estimate of drug-likeness (QED) is 0.376. The molecule has 1 atom stereocenters. The Labute approximate surface area is 179 Å². The molecule has 1 aliphatic rings. The Balaban J connectivity index is 1.43. The first kappa shape index (κ1) is 21.9. The average molecular weight is 412 g/mol. The minimum absolute atomic E-state index is 0.247. The molecule has 0 bridgehead atoms. The Hall–Kier alpha value is -2.80. The van der Waals surface area contributed by atoms with Gasteiger partial charge in [0.25, 0.3) is 0 Å². The minimum Gasteiger partial charge on any atom is -0.494 e. The molecule has 0 aliphatic carbocycles. The van der Waals surface area contributed by atoms with E-state index >= 15 is 0 Å². The predicted octanol–water partition coefficient (Wildman–Crippen LogP) is 2.83. The molecule has 0 spiro atoms. The molecule has 1 aliphatic heterocycles. The highest BCUT2D eigenvalue weighted by atomic mass is 16.5. The largest absolute Gasteiger partial charge is 0.494 e. The lowest BCUT2D eigenvalue weighted by Gasteiger charge is -2.32. The maximum Gasteiger partial charge on any atom is 0.191 e. The van der Waals surface area contributed by atoms with Gasteiger partial charge in [0.1, 0.15) is 11.6 Å². The van der Waals surface area contributed by atoms with E-state index in [2.05, 4.69) is 51.5 Å². The molecule has 2 heterocycles. The summed E-state index contributed by atoms with van der Waals surface area (Å²) in [7, 11) is 0. The summed E-state index contributed by atoms with van der Waals surface area (Å²) in [6, 6.07) is 14.1. The Bertz CT molecular complexity index is 767. The van der Waals surface area contributed by atoms with Gasteiger partial charge in [-0.15, -0.1) is 0 Å². The van der Waals surface area contributed by atoms with Crippen LogP contribution in [-0.2, 0) is 11.3 Å². The van der Waals surface area contributed by atoms with Crippen LogP contribution in [0.4, 0.5) is 5.82 Å². The van der Waals surface area contributed by atoms with E-state index in [4.69, 9.17) is 9.47 Å². The first-order valence-corrected chi connectivity index (χ1v) is 10.8. The zero-order valence-corrected chi connectivity index (χ0v) is 18.0. The number of para-hydroxylation sites is 1. The third kappa shape index (κ3) is 7.22. The van der Waals surface area contributed by atoms with Gasteiger partial charge in [0.15, 0.2) is 5.96 Å². The van der Waals surface area contributed by atoms with Crippen LogP contribution in [0, 0.1) is 0 Å². The van der Waals surface area contributed by atoms with E-state index in [1.165, 1.54) is 0 Å². The van der Waals surface area contributed by atoms with Crippen LogP contribution in [0.2, 0.25) is 0 Å². The number of ether oxygens (including phenoxy) is 2. The van der Waals surface area contributed by atoms with Crippen LogP contribution in [0.5, 0.6) is 5.75 Å². The van der Waals surface area contributed by atoms with Crippen molar-refractivity contribution < 1.29 is 9.47 Å². The molecule has 1 aromatic heterocycles. The van der Waals surface area contributed by atoms with E-state index in [1.54, 1.807) is 0 Å². The van der Waals surface area contributed by atoms with Gasteiger partial charge in [0, 0.05) is 32.4 Å². The van der Waals surface area contributed by atoms with Crippen molar-refractivity contribution in [1.29, 1.82) is 0 Å². The van der Waals surface area contributed by atoms with Crippen LogP contribution in [-0.4, -0.2) is 56.4 Å². The summed E-state index contributed by atoms with van der Waals surface area (Å²) in [6.45, 7) is 9.55. The number of anilines is 1. The highest BCUT2D eigenvalue weighted by molar-refractivity contribution is 5.79. The lowest BCUT2D eigenvalue weighted by molar-refractivity contribution is 0.0529. The number of nitrogens with zero attached hydrogens (tertiary/aromatic N) is 3. The third-order valence-corrected chi connectivity index (χ3v) is 4.76. The topological polar surface area (TPSA) is 71.0 Å². The number of morpholine rings is 1. The molecule has 2 aromatic rings. The number of hydrogen-bond donors (Lipinski definition) is 2. The minimum atomic E-state index is 0.247. The van der Waals surface area contributed by atoms with E-state index in [1.807, 2.05) is 36.5 Å². The molecule has 3 rings (SSSR count). The monoisotopic (exact) mass is 411 g/mol. The summed E-state index contributed by atoms with van der Waals surface area (Å²) in [4.78, 5) is 11.6. The zero-order chi connectivity index (χ0) is 21.0. The fourth-order valence-corrected chi connectivity index (χ4v) is 3.22. The Morgan fingerprint density at radius 3 is 2.83 bits per heavy atom. The summed E-state index contributed by atoms with van der Waals surface area (Å²) in [5.41, 5.74) is 1.09. The van der Waals surface area contributed by atoms with Crippen molar-refractivity contribution in [2.75, 3.05) is 44.3 Å². The molecule has 7 heteroatoms. The number of benzene rings is 1. The van der Waals surface area contributed by atoms with Gasteiger partial charge in [-0.25, -0.2) is 9.98 Å². The molecule has 162 valence electrons. The maximum absolute atomic E-state index is 5.72. The van der Waals surface area contributed by atoms with Gasteiger partial charge in [-0.05, 0) is 44.0 Å². The van der Waals surface area contributed by atoms with Crippen molar-refractivity contribution in [3.05, 3.63) is 54.2 Å². The lowest BCUT2D eigenvalue weighted by Crippen LogP contribution is -2.41. The molecule has 1 fully saturated rings. The SMILES string of the molecule is CCNC(=NCc1ccc(N2CCOC(C)C2)nc1)NCCCOc1ccccc1. The first-order chi connectivity index (χ1) is 14.7. The summed E-state index contributed by atoms with van der Waals surface area (Å²) in [6.07, 6.45) is 3.06. The fourth-order valence-electron chi connectivity index (χ4n) is 3.22. The molecule has 30 heavy (non-hydrogen) atoms. The van der Waals surface area contributed by atoms with Gasteiger partial charge >= 0.3 is 0 Å². The Kier molecular flexibility index (Phi) is 8.78. The number of guanidine groups is 1. The van der Waals surface area contributed by atoms with E-state index in [0.717, 1.165) is 62.3 Å². The number of pyridine rings is 1. The van der Waals surface area contributed by atoms with Gasteiger partial charge in [-0.3, -0.25) is 0 Å². The van der Waals surface area contributed by atoms with Gasteiger partial charge in [0.05, 0.1) is 25.9 Å². The molecule has 7 nitrogen and oxygen atoms in total. The molecule has 1 unspecified atom stereocenters. The second-order valence-electron chi connectivity index (χ2n) is 7.29. The standard InChI is InChI=1S/C23H33N5O2/c1-3-24-23(25-12-7-14-30-21-8-5-4-6-9-21)27-17-20-10-11-22(26-16-20)28-13-15-29-19(2)18-28/h4-6,8-11,16,19H,3,7,12-15,17-18H2,1-2H3,(H2,24,25,27).